The van der Waals surface area contributed by atoms with Gasteiger partial charge in [-0.3, -0.25) is 0 Å². The second kappa shape index (κ2) is 6.47. The summed E-state index contributed by atoms with van der Waals surface area (Å²) in [4.78, 5) is 0.359. The second-order valence-corrected chi connectivity index (χ2v) is 8.62. The molecule has 0 bridgehead atoms. The van der Waals surface area contributed by atoms with Crippen molar-refractivity contribution in [3.8, 4) is 0 Å². The van der Waals surface area contributed by atoms with Crippen molar-refractivity contribution in [1.29, 1.82) is 0 Å². The molecule has 2 rings (SSSR count). The Labute approximate surface area is 125 Å². The molecule has 0 saturated carbocycles. The van der Waals surface area contributed by atoms with Crippen LogP contribution in [0.1, 0.15) is 31.9 Å². The first-order valence-electron chi connectivity index (χ1n) is 6.92. The van der Waals surface area contributed by atoms with Gasteiger partial charge in [-0.15, -0.1) is 0 Å². The highest BCUT2D eigenvalue weighted by Crippen LogP contribution is 2.25. The number of hydrogen-bond acceptors (Lipinski definition) is 4. The summed E-state index contributed by atoms with van der Waals surface area (Å²) in [6.45, 7) is 5.23. The molecule has 2 unspecified atom stereocenters. The molecule has 4 nitrogen and oxygen atoms in total. The number of hydrogen-bond donors (Lipinski definition) is 1. The summed E-state index contributed by atoms with van der Waals surface area (Å²) < 4.78 is 26.9. The van der Waals surface area contributed by atoms with Gasteiger partial charge in [0.1, 0.15) is 0 Å². The first-order valence-corrected chi connectivity index (χ1v) is 9.41. The number of benzene rings is 1. The van der Waals surface area contributed by atoms with E-state index in [0.717, 1.165) is 17.7 Å². The van der Waals surface area contributed by atoms with Gasteiger partial charge in [0.2, 0.25) is 10.0 Å². The Morgan fingerprint density at radius 3 is 2.90 bits per heavy atom. The Morgan fingerprint density at radius 1 is 1.50 bits per heavy atom. The fraction of sp³-hybridized carbons (Fsp3) is 0.571. The first-order chi connectivity index (χ1) is 9.45. The van der Waals surface area contributed by atoms with Crippen LogP contribution in [0, 0.1) is 0 Å². The molecule has 1 saturated heterocycles. The number of nitrogens with zero attached hydrogens (tertiary/aromatic N) is 1. The normalized spacial score (nSPS) is 22.6. The maximum atomic E-state index is 12.7. The average Bonchev–Trinajstić information content (AvgIpc) is 2.46. The van der Waals surface area contributed by atoms with Crippen LogP contribution in [0.15, 0.2) is 29.2 Å². The number of thioether (sulfide) groups is 1. The number of rotatable bonds is 4. The SMILES string of the molecule is CCC(N)c1cccc(S(=O)(=O)N2CCSC(C)C2)c1. The number of sulfonamides is 1. The van der Waals surface area contributed by atoms with Gasteiger partial charge in [-0.25, -0.2) is 8.42 Å². The van der Waals surface area contributed by atoms with E-state index >= 15 is 0 Å². The Kier molecular flexibility index (Phi) is 5.12. The van der Waals surface area contributed by atoms with Gasteiger partial charge in [0, 0.05) is 30.1 Å². The molecule has 1 aromatic rings. The quantitative estimate of drug-likeness (QED) is 0.925. The predicted octanol–water partition coefficient (Wildman–Crippen LogP) is 2.22. The highest BCUT2D eigenvalue weighted by atomic mass is 32.2. The van der Waals surface area contributed by atoms with E-state index in [1.54, 1.807) is 22.5 Å². The predicted molar refractivity (Wildman–Crippen MR) is 84.3 cm³/mol. The van der Waals surface area contributed by atoms with Crippen LogP contribution >= 0.6 is 11.8 Å². The lowest BCUT2D eigenvalue weighted by Gasteiger charge is -2.29. The molecular formula is C14H22N2O2S2. The molecule has 20 heavy (non-hydrogen) atoms. The van der Waals surface area contributed by atoms with E-state index in [9.17, 15) is 8.42 Å². The van der Waals surface area contributed by atoms with Crippen molar-refractivity contribution in [2.75, 3.05) is 18.8 Å². The van der Waals surface area contributed by atoms with Crippen LogP contribution in [-0.2, 0) is 10.0 Å². The first kappa shape index (κ1) is 15.8. The molecule has 0 amide bonds. The standard InChI is InChI=1S/C14H22N2O2S2/c1-3-14(15)12-5-4-6-13(9-12)20(17,18)16-7-8-19-11(2)10-16/h4-6,9,11,14H,3,7-8,10,15H2,1-2H3. The minimum atomic E-state index is -3.39. The fourth-order valence-electron chi connectivity index (χ4n) is 2.30. The minimum absolute atomic E-state index is 0.110. The summed E-state index contributed by atoms with van der Waals surface area (Å²) in [7, 11) is -3.39. The molecule has 0 radical (unpaired) electrons. The van der Waals surface area contributed by atoms with Gasteiger partial charge in [-0.2, -0.15) is 16.1 Å². The highest BCUT2D eigenvalue weighted by Gasteiger charge is 2.29. The summed E-state index contributed by atoms with van der Waals surface area (Å²) in [6, 6.07) is 6.94. The minimum Gasteiger partial charge on any atom is -0.324 e. The second-order valence-electron chi connectivity index (χ2n) is 5.13. The summed E-state index contributed by atoms with van der Waals surface area (Å²) in [5.41, 5.74) is 6.88. The van der Waals surface area contributed by atoms with E-state index in [-0.39, 0.29) is 6.04 Å². The van der Waals surface area contributed by atoms with Gasteiger partial charge >= 0.3 is 0 Å². The van der Waals surface area contributed by atoms with E-state index < -0.39 is 10.0 Å². The lowest BCUT2D eigenvalue weighted by Crippen LogP contribution is -2.40. The third kappa shape index (κ3) is 3.36. The molecule has 112 valence electrons. The molecule has 6 heteroatoms. The summed E-state index contributed by atoms with van der Waals surface area (Å²) in [5.74, 6) is 0.856. The van der Waals surface area contributed by atoms with E-state index in [0.29, 0.717) is 23.2 Å². The smallest absolute Gasteiger partial charge is 0.243 e. The van der Waals surface area contributed by atoms with Crippen LogP contribution in [0.5, 0.6) is 0 Å². The van der Waals surface area contributed by atoms with Crippen molar-refractivity contribution in [1.82, 2.24) is 4.31 Å². The summed E-state index contributed by atoms with van der Waals surface area (Å²) >= 11 is 1.82. The van der Waals surface area contributed by atoms with E-state index in [1.807, 2.05) is 24.8 Å². The Balaban J connectivity index is 2.29. The van der Waals surface area contributed by atoms with E-state index in [4.69, 9.17) is 5.73 Å². The maximum absolute atomic E-state index is 12.7. The van der Waals surface area contributed by atoms with Gasteiger partial charge in [-0.05, 0) is 24.1 Å². The van der Waals surface area contributed by atoms with Crippen LogP contribution in [0.2, 0.25) is 0 Å². The van der Waals surface area contributed by atoms with E-state index in [1.165, 1.54) is 0 Å². The van der Waals surface area contributed by atoms with Gasteiger partial charge in [-0.1, -0.05) is 26.0 Å². The molecule has 2 atom stereocenters. The lowest BCUT2D eigenvalue weighted by molar-refractivity contribution is 0.424. The molecule has 0 spiro atoms. The molecule has 1 heterocycles. The van der Waals surface area contributed by atoms with Gasteiger partial charge in [0.15, 0.2) is 0 Å². The molecule has 1 aliphatic rings. The largest absolute Gasteiger partial charge is 0.324 e. The van der Waals surface area contributed by atoms with Crippen LogP contribution in [0.3, 0.4) is 0 Å². The van der Waals surface area contributed by atoms with Crippen LogP contribution in [0.4, 0.5) is 0 Å². The number of nitrogens with two attached hydrogens (primary N) is 1. The topological polar surface area (TPSA) is 63.4 Å². The molecule has 1 aromatic carbocycles. The third-order valence-corrected chi connectivity index (χ3v) is 6.57. The summed E-state index contributed by atoms with van der Waals surface area (Å²) in [6.07, 6.45) is 0.793. The van der Waals surface area contributed by atoms with Crippen molar-refractivity contribution in [3.63, 3.8) is 0 Å². The van der Waals surface area contributed by atoms with Crippen molar-refractivity contribution >= 4 is 21.8 Å². The van der Waals surface area contributed by atoms with Crippen molar-refractivity contribution in [2.45, 2.75) is 36.5 Å². The van der Waals surface area contributed by atoms with Crippen molar-refractivity contribution < 1.29 is 8.42 Å². The monoisotopic (exact) mass is 314 g/mol. The molecule has 2 N–H and O–H groups in total. The lowest BCUT2D eigenvalue weighted by atomic mass is 10.1. The van der Waals surface area contributed by atoms with E-state index in [2.05, 4.69) is 6.92 Å². The van der Waals surface area contributed by atoms with Crippen LogP contribution in [-0.4, -0.2) is 36.8 Å². The van der Waals surface area contributed by atoms with Crippen LogP contribution < -0.4 is 5.73 Å². The molecule has 0 aromatic heterocycles. The van der Waals surface area contributed by atoms with Crippen molar-refractivity contribution in [3.05, 3.63) is 29.8 Å². The third-order valence-electron chi connectivity index (χ3n) is 3.57. The fourth-order valence-corrected chi connectivity index (χ4v) is 5.10. The molecular weight excluding hydrogens is 292 g/mol. The molecule has 1 aliphatic heterocycles. The van der Waals surface area contributed by atoms with Gasteiger partial charge < -0.3 is 5.73 Å². The Morgan fingerprint density at radius 2 is 2.25 bits per heavy atom. The maximum Gasteiger partial charge on any atom is 0.243 e. The Hall–Kier alpha value is -0.560. The zero-order chi connectivity index (χ0) is 14.8. The summed E-state index contributed by atoms with van der Waals surface area (Å²) in [5, 5.41) is 0.347. The van der Waals surface area contributed by atoms with Gasteiger partial charge in [0.05, 0.1) is 4.90 Å². The average molecular weight is 314 g/mol. The van der Waals surface area contributed by atoms with Crippen molar-refractivity contribution in [2.24, 2.45) is 5.73 Å². The molecule has 0 aliphatic carbocycles. The van der Waals surface area contributed by atoms with Gasteiger partial charge in [0.25, 0.3) is 0 Å². The Bertz CT molecular complexity index is 560. The van der Waals surface area contributed by atoms with Crippen LogP contribution in [0.25, 0.3) is 0 Å². The zero-order valence-corrected chi connectivity index (χ0v) is 13.6. The molecule has 1 fully saturated rings. The zero-order valence-electron chi connectivity index (χ0n) is 12.0. The highest BCUT2D eigenvalue weighted by molar-refractivity contribution is 8.00.